The topological polar surface area (TPSA) is 94.2 Å². The monoisotopic (exact) mass is 407 g/mol. The molecule has 0 saturated carbocycles. The largest absolute Gasteiger partial charge is 0.481 e. The number of carbonyl (C=O) groups excluding carboxylic acids is 1. The van der Waals surface area contributed by atoms with Crippen molar-refractivity contribution in [2.75, 3.05) is 13.1 Å². The smallest absolute Gasteiger partial charge is 0.278 e. The van der Waals surface area contributed by atoms with Crippen LogP contribution in [0.2, 0.25) is 0 Å². The van der Waals surface area contributed by atoms with Crippen molar-refractivity contribution >= 4 is 5.91 Å². The predicted octanol–water partition coefficient (Wildman–Crippen LogP) is 3.32. The average molecular weight is 407 g/mol. The molecule has 30 heavy (non-hydrogen) atoms. The zero-order valence-corrected chi connectivity index (χ0v) is 17.4. The summed E-state index contributed by atoms with van der Waals surface area (Å²) in [6.45, 7) is 7.07. The fourth-order valence-corrected chi connectivity index (χ4v) is 3.81. The van der Waals surface area contributed by atoms with Gasteiger partial charge < -0.3 is 14.2 Å². The van der Waals surface area contributed by atoms with Gasteiger partial charge in [-0.25, -0.2) is 4.98 Å². The summed E-state index contributed by atoms with van der Waals surface area (Å²) < 4.78 is 11.3. The number of rotatable bonds is 5. The Morgan fingerprint density at radius 2 is 2.03 bits per heavy atom. The maximum Gasteiger partial charge on any atom is 0.278 e. The van der Waals surface area contributed by atoms with Crippen LogP contribution in [0.1, 0.15) is 42.6 Å². The van der Waals surface area contributed by atoms with E-state index in [1.807, 2.05) is 30.9 Å². The molecule has 8 nitrogen and oxygen atoms in total. The van der Waals surface area contributed by atoms with Crippen LogP contribution in [-0.2, 0) is 4.79 Å². The zero-order chi connectivity index (χ0) is 21.1. The Morgan fingerprint density at radius 1 is 1.23 bits per heavy atom. The van der Waals surface area contributed by atoms with Crippen LogP contribution in [0.3, 0.4) is 0 Å². The van der Waals surface area contributed by atoms with Crippen LogP contribution in [0.4, 0.5) is 0 Å². The quantitative estimate of drug-likeness (QED) is 0.640. The molecule has 2 aromatic heterocycles. The molecule has 8 heteroatoms. The van der Waals surface area contributed by atoms with E-state index in [0.717, 1.165) is 24.0 Å². The number of carbonyl (C=O) groups is 1. The van der Waals surface area contributed by atoms with Gasteiger partial charge in [-0.3, -0.25) is 9.78 Å². The van der Waals surface area contributed by atoms with E-state index in [4.69, 9.17) is 9.26 Å². The van der Waals surface area contributed by atoms with E-state index in [9.17, 15) is 4.79 Å². The lowest BCUT2D eigenvalue weighted by molar-refractivity contribution is -0.139. The molecule has 4 rings (SSSR count). The van der Waals surface area contributed by atoms with E-state index in [-0.39, 0.29) is 11.8 Å². The van der Waals surface area contributed by atoms with Crippen LogP contribution in [0, 0.1) is 13.8 Å². The van der Waals surface area contributed by atoms with Crippen molar-refractivity contribution in [3.63, 3.8) is 0 Å². The van der Waals surface area contributed by atoms with Crippen molar-refractivity contribution in [2.45, 2.75) is 45.6 Å². The van der Waals surface area contributed by atoms with Gasteiger partial charge in [-0.05, 0) is 56.9 Å². The normalized spacial score (nSPS) is 17.6. The van der Waals surface area contributed by atoms with Crippen LogP contribution >= 0.6 is 0 Å². The second kappa shape index (κ2) is 8.61. The summed E-state index contributed by atoms with van der Waals surface area (Å²) in [4.78, 5) is 27.5. The van der Waals surface area contributed by atoms with Crippen LogP contribution in [-0.4, -0.2) is 50.1 Å². The molecule has 1 aliphatic rings. The molecule has 1 aromatic carbocycles. The molecule has 0 radical (unpaired) electrons. The van der Waals surface area contributed by atoms with Gasteiger partial charge in [-0.15, -0.1) is 0 Å². The van der Waals surface area contributed by atoms with Crippen LogP contribution in [0.15, 0.2) is 41.3 Å². The lowest BCUT2D eigenvalue weighted by Gasteiger charge is -2.33. The summed E-state index contributed by atoms with van der Waals surface area (Å²) >= 11 is 0. The number of aromatic nitrogens is 4. The summed E-state index contributed by atoms with van der Waals surface area (Å²) in [5.74, 6) is 1.64. The highest BCUT2D eigenvalue weighted by Crippen LogP contribution is 2.27. The van der Waals surface area contributed by atoms with Crippen molar-refractivity contribution in [1.29, 1.82) is 0 Å². The predicted molar refractivity (Wildman–Crippen MR) is 110 cm³/mol. The number of piperidine rings is 1. The zero-order valence-electron chi connectivity index (χ0n) is 17.4. The lowest BCUT2D eigenvalue weighted by atomic mass is 9.97. The summed E-state index contributed by atoms with van der Waals surface area (Å²) in [6, 6.07) is 5.97. The van der Waals surface area contributed by atoms with Crippen molar-refractivity contribution in [1.82, 2.24) is 25.0 Å². The van der Waals surface area contributed by atoms with E-state index in [2.05, 4.69) is 26.2 Å². The number of nitrogens with zero attached hydrogens (tertiary/aromatic N) is 5. The van der Waals surface area contributed by atoms with E-state index in [0.29, 0.717) is 36.2 Å². The molecule has 0 aliphatic carbocycles. The van der Waals surface area contributed by atoms with Gasteiger partial charge in [0.15, 0.2) is 11.9 Å². The first-order chi connectivity index (χ1) is 14.5. The molecule has 0 N–H and O–H groups in total. The molecule has 1 amide bonds. The maximum absolute atomic E-state index is 13.0. The molecule has 1 saturated heterocycles. The van der Waals surface area contributed by atoms with Gasteiger partial charge in [0.2, 0.25) is 0 Å². The number of amides is 1. The molecule has 156 valence electrons. The van der Waals surface area contributed by atoms with Gasteiger partial charge in [-0.1, -0.05) is 11.2 Å². The van der Waals surface area contributed by atoms with Crippen molar-refractivity contribution in [2.24, 2.45) is 0 Å². The average Bonchev–Trinajstić information content (AvgIpc) is 3.23. The van der Waals surface area contributed by atoms with Gasteiger partial charge in [0.25, 0.3) is 11.8 Å². The molecule has 0 spiro atoms. The van der Waals surface area contributed by atoms with E-state index in [1.54, 1.807) is 25.5 Å². The van der Waals surface area contributed by atoms with Gasteiger partial charge in [0.05, 0.1) is 6.20 Å². The first-order valence-corrected chi connectivity index (χ1v) is 10.1. The van der Waals surface area contributed by atoms with Crippen LogP contribution in [0.25, 0.3) is 11.6 Å². The van der Waals surface area contributed by atoms with Crippen molar-refractivity contribution in [3.05, 3.63) is 53.7 Å². The minimum atomic E-state index is -0.564. The minimum Gasteiger partial charge on any atom is -0.481 e. The third kappa shape index (κ3) is 4.48. The summed E-state index contributed by atoms with van der Waals surface area (Å²) in [6.07, 6.45) is 5.96. The second-order valence-corrected chi connectivity index (χ2v) is 7.76. The highest BCUT2D eigenvalue weighted by molar-refractivity contribution is 5.81. The highest BCUT2D eigenvalue weighted by Gasteiger charge is 2.31. The summed E-state index contributed by atoms with van der Waals surface area (Å²) in [7, 11) is 0. The SMILES string of the molecule is Cc1cc(C)cc(OC(C)C(=O)N2CCCC(c3noc(-c4cnccn4)n3)C2)c1. The maximum atomic E-state index is 13.0. The highest BCUT2D eigenvalue weighted by atomic mass is 16.5. The first kappa shape index (κ1) is 20.0. The third-order valence-electron chi connectivity index (χ3n) is 5.18. The minimum absolute atomic E-state index is 0.0188. The van der Waals surface area contributed by atoms with Crippen molar-refractivity contribution < 1.29 is 14.1 Å². The summed E-state index contributed by atoms with van der Waals surface area (Å²) in [5, 5.41) is 4.12. The molecule has 2 unspecified atom stereocenters. The van der Waals surface area contributed by atoms with Gasteiger partial charge in [-0.2, -0.15) is 4.98 Å². The molecule has 3 aromatic rings. The molecule has 1 aliphatic heterocycles. The Bertz CT molecular complexity index is 1000. The van der Waals surface area contributed by atoms with E-state index < -0.39 is 6.10 Å². The molecule has 0 bridgehead atoms. The molecule has 3 heterocycles. The van der Waals surface area contributed by atoms with Crippen LogP contribution in [0.5, 0.6) is 5.75 Å². The standard InChI is InChI=1S/C22H25N5O3/c1-14-9-15(2)11-18(10-14)29-16(3)22(28)27-8-4-5-17(13-27)20-25-21(30-26-20)19-12-23-6-7-24-19/h6-7,9-12,16-17H,4-5,8,13H2,1-3H3. The van der Waals surface area contributed by atoms with Gasteiger partial charge in [0, 0.05) is 31.4 Å². The fourth-order valence-electron chi connectivity index (χ4n) is 3.81. The van der Waals surface area contributed by atoms with E-state index >= 15 is 0 Å². The molecule has 2 atom stereocenters. The van der Waals surface area contributed by atoms with E-state index in [1.165, 1.54) is 0 Å². The molecular weight excluding hydrogens is 382 g/mol. The number of hydrogen-bond donors (Lipinski definition) is 0. The number of likely N-dealkylation sites (tertiary alicyclic amines) is 1. The van der Waals surface area contributed by atoms with Crippen LogP contribution < -0.4 is 4.74 Å². The molecule has 1 fully saturated rings. The van der Waals surface area contributed by atoms with Crippen molar-refractivity contribution in [3.8, 4) is 17.3 Å². The van der Waals surface area contributed by atoms with Gasteiger partial charge in [0.1, 0.15) is 11.4 Å². The Balaban J connectivity index is 1.42. The third-order valence-corrected chi connectivity index (χ3v) is 5.18. The second-order valence-electron chi connectivity index (χ2n) is 7.76. The Labute approximate surface area is 175 Å². The number of ether oxygens (including phenoxy) is 1. The fraction of sp³-hybridized carbons (Fsp3) is 0.409. The van der Waals surface area contributed by atoms with Gasteiger partial charge >= 0.3 is 0 Å². The first-order valence-electron chi connectivity index (χ1n) is 10.1. The number of aryl methyl sites for hydroxylation is 2. The Morgan fingerprint density at radius 3 is 2.77 bits per heavy atom. The Kier molecular flexibility index (Phi) is 5.74. The lowest BCUT2D eigenvalue weighted by Crippen LogP contribution is -2.45. The summed E-state index contributed by atoms with van der Waals surface area (Å²) in [5.41, 5.74) is 2.76. The Hall–Kier alpha value is -3.29. The number of hydrogen-bond acceptors (Lipinski definition) is 7. The molecular formula is C22H25N5O3. The number of benzene rings is 1.